The van der Waals surface area contributed by atoms with Gasteiger partial charge in [0.2, 0.25) is 0 Å². The lowest BCUT2D eigenvalue weighted by Crippen LogP contribution is -2.02. The van der Waals surface area contributed by atoms with E-state index in [1.165, 1.54) is 6.92 Å². The Morgan fingerprint density at radius 3 is 2.68 bits per heavy atom. The number of aromatic nitrogens is 5. The van der Waals surface area contributed by atoms with Crippen molar-refractivity contribution in [3.63, 3.8) is 0 Å². The topological polar surface area (TPSA) is 73.6 Å². The molecule has 5 aromatic rings. The molecule has 150 valence electrons. The van der Waals surface area contributed by atoms with E-state index >= 15 is 0 Å². The summed E-state index contributed by atoms with van der Waals surface area (Å²) < 4.78 is 1.63. The standard InChI is InChI=1S/C24H16ClN5O/c1-14(16-6-8-21-17(12-16)4-3-11-26-21)30-24-23(28-29-30)10-9-22(27-24)18-5-7-19(15(2)31)20(25)13-18/h3-13H,1H2,2H3. The molecule has 0 radical (unpaired) electrons. The fourth-order valence-electron chi connectivity index (χ4n) is 3.49. The molecule has 0 saturated heterocycles. The van der Waals surface area contributed by atoms with Crippen LogP contribution in [0, 0.1) is 0 Å². The van der Waals surface area contributed by atoms with Crippen molar-refractivity contribution in [1.29, 1.82) is 0 Å². The largest absolute Gasteiger partial charge is 0.294 e. The molecule has 2 aromatic carbocycles. The third kappa shape index (κ3) is 3.37. The predicted molar refractivity (Wildman–Crippen MR) is 122 cm³/mol. The summed E-state index contributed by atoms with van der Waals surface area (Å²) in [5.41, 5.74) is 5.68. The summed E-state index contributed by atoms with van der Waals surface area (Å²) in [6.07, 6.45) is 1.77. The summed E-state index contributed by atoms with van der Waals surface area (Å²) in [4.78, 5) is 20.8. The van der Waals surface area contributed by atoms with E-state index in [1.54, 1.807) is 23.0 Å². The van der Waals surface area contributed by atoms with Gasteiger partial charge in [-0.2, -0.15) is 4.68 Å². The first-order valence-electron chi connectivity index (χ1n) is 9.59. The zero-order chi connectivity index (χ0) is 21.5. The van der Waals surface area contributed by atoms with Crippen LogP contribution in [0.2, 0.25) is 5.02 Å². The van der Waals surface area contributed by atoms with Gasteiger partial charge in [0.05, 0.1) is 21.9 Å². The zero-order valence-corrected chi connectivity index (χ0v) is 17.3. The van der Waals surface area contributed by atoms with E-state index in [9.17, 15) is 4.79 Å². The summed E-state index contributed by atoms with van der Waals surface area (Å²) in [5, 5.41) is 9.89. The van der Waals surface area contributed by atoms with Gasteiger partial charge in [-0.05, 0) is 49.4 Å². The molecule has 0 amide bonds. The average Bonchev–Trinajstić information content (AvgIpc) is 3.21. The van der Waals surface area contributed by atoms with Crippen LogP contribution in [0.25, 0.3) is 39.0 Å². The number of ketones is 1. The Kier molecular flexibility index (Phi) is 4.56. The molecule has 3 heterocycles. The number of hydrogen-bond acceptors (Lipinski definition) is 5. The van der Waals surface area contributed by atoms with E-state index in [4.69, 9.17) is 16.6 Å². The number of Topliss-reactive ketones (excluding diaryl/α,β-unsaturated/α-hetero) is 1. The Hall–Kier alpha value is -3.90. The SMILES string of the molecule is C=C(c1ccc2ncccc2c1)n1nnc2ccc(-c3ccc(C(C)=O)c(Cl)c3)nc21. The Balaban J connectivity index is 1.58. The number of pyridine rings is 2. The fourth-order valence-corrected chi connectivity index (χ4v) is 3.80. The van der Waals surface area contributed by atoms with Crippen molar-refractivity contribution in [3.8, 4) is 11.3 Å². The summed E-state index contributed by atoms with van der Waals surface area (Å²) in [7, 11) is 0. The van der Waals surface area contributed by atoms with Crippen LogP contribution in [0.3, 0.4) is 0 Å². The van der Waals surface area contributed by atoms with Crippen molar-refractivity contribution in [2.45, 2.75) is 6.92 Å². The Morgan fingerprint density at radius 2 is 1.87 bits per heavy atom. The first-order chi connectivity index (χ1) is 15.0. The summed E-state index contributed by atoms with van der Waals surface area (Å²) in [5.74, 6) is -0.0795. The molecule has 0 bridgehead atoms. The molecule has 0 saturated carbocycles. The molecule has 31 heavy (non-hydrogen) atoms. The highest BCUT2D eigenvalue weighted by Crippen LogP contribution is 2.27. The van der Waals surface area contributed by atoms with Gasteiger partial charge >= 0.3 is 0 Å². The van der Waals surface area contributed by atoms with Crippen molar-refractivity contribution in [3.05, 3.63) is 89.6 Å². The van der Waals surface area contributed by atoms with Gasteiger partial charge in [-0.1, -0.05) is 41.6 Å². The lowest BCUT2D eigenvalue weighted by molar-refractivity contribution is 0.101. The number of hydrogen-bond donors (Lipinski definition) is 0. The van der Waals surface area contributed by atoms with Crippen molar-refractivity contribution >= 4 is 45.1 Å². The van der Waals surface area contributed by atoms with Crippen LogP contribution >= 0.6 is 11.6 Å². The quantitative estimate of drug-likeness (QED) is 0.359. The first-order valence-corrected chi connectivity index (χ1v) is 9.97. The third-order valence-electron chi connectivity index (χ3n) is 5.13. The van der Waals surface area contributed by atoms with Gasteiger partial charge in [0.1, 0.15) is 5.52 Å². The summed E-state index contributed by atoms with van der Waals surface area (Å²) in [6, 6.07) is 18.8. The molecule has 0 aliphatic rings. The lowest BCUT2D eigenvalue weighted by Gasteiger charge is -2.09. The fraction of sp³-hybridized carbons (Fsp3) is 0.0417. The molecular formula is C24H16ClN5O. The molecule has 0 spiro atoms. The van der Waals surface area contributed by atoms with E-state index in [1.807, 2.05) is 48.5 Å². The number of carbonyl (C=O) groups is 1. The number of fused-ring (bicyclic) bond motifs is 2. The molecule has 0 N–H and O–H groups in total. The normalized spacial score (nSPS) is 11.2. The van der Waals surface area contributed by atoms with E-state index in [0.29, 0.717) is 33.1 Å². The zero-order valence-electron chi connectivity index (χ0n) is 16.6. The molecule has 7 heteroatoms. The minimum absolute atomic E-state index is 0.0795. The third-order valence-corrected chi connectivity index (χ3v) is 5.45. The van der Waals surface area contributed by atoms with Gasteiger partial charge in [0, 0.05) is 28.3 Å². The van der Waals surface area contributed by atoms with Gasteiger partial charge in [0.15, 0.2) is 11.4 Å². The summed E-state index contributed by atoms with van der Waals surface area (Å²) >= 11 is 6.28. The number of carbonyl (C=O) groups excluding carboxylic acids is 1. The molecule has 0 aliphatic carbocycles. The monoisotopic (exact) mass is 425 g/mol. The second kappa shape index (κ2) is 7.41. The van der Waals surface area contributed by atoms with Gasteiger partial charge in [0.25, 0.3) is 0 Å². The van der Waals surface area contributed by atoms with E-state index in [2.05, 4.69) is 21.9 Å². The van der Waals surface area contributed by atoms with Crippen LogP contribution in [0.4, 0.5) is 0 Å². The lowest BCUT2D eigenvalue weighted by atomic mass is 10.1. The molecular weight excluding hydrogens is 410 g/mol. The highest BCUT2D eigenvalue weighted by Gasteiger charge is 2.14. The molecule has 6 nitrogen and oxygen atoms in total. The second-order valence-electron chi connectivity index (χ2n) is 7.15. The maximum atomic E-state index is 11.7. The minimum Gasteiger partial charge on any atom is -0.294 e. The molecule has 3 aromatic heterocycles. The van der Waals surface area contributed by atoms with Crippen molar-refractivity contribution in [2.24, 2.45) is 0 Å². The molecule has 0 aliphatic heterocycles. The predicted octanol–water partition coefficient (Wildman–Crippen LogP) is 5.42. The minimum atomic E-state index is -0.0795. The van der Waals surface area contributed by atoms with Crippen LogP contribution in [-0.4, -0.2) is 30.7 Å². The number of halogens is 1. The highest BCUT2D eigenvalue weighted by atomic mass is 35.5. The molecule has 0 fully saturated rings. The molecule has 0 unspecified atom stereocenters. The maximum absolute atomic E-state index is 11.7. The summed E-state index contributed by atoms with van der Waals surface area (Å²) in [6.45, 7) is 5.70. The van der Waals surface area contributed by atoms with Crippen LogP contribution in [0.5, 0.6) is 0 Å². The van der Waals surface area contributed by atoms with Gasteiger partial charge < -0.3 is 0 Å². The van der Waals surface area contributed by atoms with Gasteiger partial charge in [-0.3, -0.25) is 9.78 Å². The van der Waals surface area contributed by atoms with Crippen molar-refractivity contribution in [2.75, 3.05) is 0 Å². The molecule has 0 atom stereocenters. The number of rotatable bonds is 4. The van der Waals surface area contributed by atoms with E-state index in [0.717, 1.165) is 22.0 Å². The molecule has 5 rings (SSSR count). The van der Waals surface area contributed by atoms with Gasteiger partial charge in [-0.25, -0.2) is 4.98 Å². The van der Waals surface area contributed by atoms with Crippen LogP contribution in [-0.2, 0) is 0 Å². The Morgan fingerprint density at radius 1 is 1.03 bits per heavy atom. The van der Waals surface area contributed by atoms with E-state index in [-0.39, 0.29) is 5.78 Å². The van der Waals surface area contributed by atoms with Crippen molar-refractivity contribution in [1.82, 2.24) is 25.0 Å². The van der Waals surface area contributed by atoms with Crippen molar-refractivity contribution < 1.29 is 4.79 Å². The number of benzene rings is 2. The Bertz CT molecular complexity index is 1500. The Labute approximate surface area is 182 Å². The second-order valence-corrected chi connectivity index (χ2v) is 7.56. The number of nitrogens with zero attached hydrogens (tertiary/aromatic N) is 5. The van der Waals surface area contributed by atoms with E-state index < -0.39 is 0 Å². The highest BCUT2D eigenvalue weighted by molar-refractivity contribution is 6.34. The average molecular weight is 426 g/mol. The first kappa shape index (κ1) is 19.1. The smallest absolute Gasteiger partial charge is 0.184 e. The van der Waals surface area contributed by atoms with Crippen LogP contribution in [0.15, 0.2) is 73.4 Å². The van der Waals surface area contributed by atoms with Crippen LogP contribution in [0.1, 0.15) is 22.8 Å². The maximum Gasteiger partial charge on any atom is 0.184 e. The van der Waals surface area contributed by atoms with Crippen LogP contribution < -0.4 is 0 Å². The van der Waals surface area contributed by atoms with Gasteiger partial charge in [-0.15, -0.1) is 5.10 Å².